The molecule has 1 amide bonds. The Morgan fingerprint density at radius 1 is 1.19 bits per heavy atom. The van der Waals surface area contributed by atoms with Crippen molar-refractivity contribution in [3.63, 3.8) is 0 Å². The van der Waals surface area contributed by atoms with E-state index in [-0.39, 0.29) is 24.0 Å². The third kappa shape index (κ3) is 8.00. The van der Waals surface area contributed by atoms with Crippen molar-refractivity contribution in [1.29, 1.82) is 0 Å². The van der Waals surface area contributed by atoms with Gasteiger partial charge in [-0.2, -0.15) is 0 Å². The summed E-state index contributed by atoms with van der Waals surface area (Å²) in [6, 6.07) is 7.49. The third-order valence-corrected chi connectivity index (χ3v) is 6.16. The molecular formula is C25H37N5O6. The van der Waals surface area contributed by atoms with E-state index in [2.05, 4.69) is 10.3 Å². The number of aryl methyl sites for hydroxylation is 1. The van der Waals surface area contributed by atoms with E-state index in [9.17, 15) is 9.59 Å². The second-order valence-corrected chi connectivity index (χ2v) is 9.36. The van der Waals surface area contributed by atoms with E-state index in [1.165, 1.54) is 6.92 Å². The van der Waals surface area contributed by atoms with Gasteiger partial charge in [-0.3, -0.25) is 19.5 Å². The topological polar surface area (TPSA) is 128 Å². The summed E-state index contributed by atoms with van der Waals surface area (Å²) in [5, 5.41) is 17.0. The van der Waals surface area contributed by atoms with Gasteiger partial charge in [-0.25, -0.2) is 5.48 Å². The van der Waals surface area contributed by atoms with Crippen LogP contribution in [0.5, 0.6) is 5.75 Å². The lowest BCUT2D eigenvalue weighted by atomic mass is 9.99. The second kappa shape index (κ2) is 13.3. The van der Waals surface area contributed by atoms with Crippen molar-refractivity contribution in [3.8, 4) is 17.0 Å². The Hall–Kier alpha value is -3.02. The molecule has 1 aliphatic rings. The Labute approximate surface area is 211 Å². The Morgan fingerprint density at radius 2 is 1.92 bits per heavy atom. The number of hydrogen-bond acceptors (Lipinski definition) is 9. The van der Waals surface area contributed by atoms with Crippen LogP contribution in [0, 0.1) is 0 Å². The van der Waals surface area contributed by atoms with E-state index >= 15 is 0 Å². The number of benzene rings is 1. The number of hydroxylamine groups is 1. The Balaban J connectivity index is 1.55. The van der Waals surface area contributed by atoms with E-state index < -0.39 is 12.4 Å². The highest BCUT2D eigenvalue weighted by atomic mass is 16.7. The number of nitrogens with zero attached hydrogens (tertiary/aromatic N) is 4. The number of amides is 1. The van der Waals surface area contributed by atoms with Crippen molar-refractivity contribution in [3.05, 3.63) is 30.5 Å². The first-order valence-corrected chi connectivity index (χ1v) is 12.4. The van der Waals surface area contributed by atoms with Crippen molar-refractivity contribution in [2.75, 3.05) is 14.1 Å². The lowest BCUT2D eigenvalue weighted by Crippen LogP contribution is -2.56. The molecule has 2 heterocycles. The molecule has 2 N–H and O–H groups in total. The molecule has 0 spiro atoms. The number of likely N-dealkylation sites (N-methyl/N-ethyl adjacent to an activating group) is 1. The number of ether oxygens (including phenoxy) is 3. The van der Waals surface area contributed by atoms with E-state index in [1.54, 1.807) is 5.48 Å². The van der Waals surface area contributed by atoms with Crippen LogP contribution in [0.1, 0.15) is 52.4 Å². The minimum Gasteiger partial charge on any atom is -0.461 e. The van der Waals surface area contributed by atoms with Crippen molar-refractivity contribution >= 4 is 11.9 Å². The van der Waals surface area contributed by atoms with Crippen LogP contribution in [0.25, 0.3) is 11.3 Å². The van der Waals surface area contributed by atoms with Crippen LogP contribution in [0.3, 0.4) is 0 Å². The number of esters is 1. The van der Waals surface area contributed by atoms with Gasteiger partial charge in [0.15, 0.2) is 6.10 Å². The predicted octanol–water partition coefficient (Wildman–Crippen LogP) is 2.78. The highest BCUT2D eigenvalue weighted by molar-refractivity contribution is 5.74. The molecule has 0 radical (unpaired) electrons. The number of carbonyl (C=O) groups is 2. The van der Waals surface area contributed by atoms with E-state index in [0.717, 1.165) is 49.9 Å². The second-order valence-electron chi connectivity index (χ2n) is 9.36. The smallest absolute Gasteiger partial charge is 0.303 e. The van der Waals surface area contributed by atoms with Crippen molar-refractivity contribution in [2.24, 2.45) is 0 Å². The summed E-state index contributed by atoms with van der Waals surface area (Å²) in [6.07, 6.45) is 5.21. The maximum absolute atomic E-state index is 11.7. The molecule has 1 aromatic carbocycles. The summed E-state index contributed by atoms with van der Waals surface area (Å²) in [5.41, 5.74) is 3.31. The Bertz CT molecular complexity index is 980. The number of rotatable bonds is 12. The Morgan fingerprint density at radius 3 is 2.58 bits per heavy atom. The quantitative estimate of drug-likeness (QED) is 0.194. The zero-order chi connectivity index (χ0) is 26.1. The van der Waals surface area contributed by atoms with Gasteiger partial charge in [-0.05, 0) is 64.5 Å². The molecule has 36 heavy (non-hydrogen) atoms. The van der Waals surface area contributed by atoms with Crippen LogP contribution >= 0.6 is 0 Å². The van der Waals surface area contributed by atoms with Crippen LogP contribution in [-0.4, -0.2) is 75.6 Å². The van der Waals surface area contributed by atoms with Gasteiger partial charge in [-0.15, -0.1) is 5.10 Å². The fourth-order valence-corrected chi connectivity index (χ4v) is 4.29. The van der Waals surface area contributed by atoms with Crippen LogP contribution < -0.4 is 10.2 Å². The van der Waals surface area contributed by atoms with Gasteiger partial charge in [0, 0.05) is 25.5 Å². The SMILES string of the molecule is CC(=O)O[C@H]1[C@H](Oc2ccc(-c3cn(CCCCCCC(=O)NO)nn3)cc2)O[C@H](C)C[C@@H]1N(C)C. The van der Waals surface area contributed by atoms with Crippen LogP contribution in [0.2, 0.25) is 0 Å². The van der Waals surface area contributed by atoms with E-state index in [4.69, 9.17) is 19.4 Å². The van der Waals surface area contributed by atoms with Gasteiger partial charge in [0.05, 0.1) is 18.3 Å². The molecule has 4 atom stereocenters. The van der Waals surface area contributed by atoms with Gasteiger partial charge in [0.2, 0.25) is 12.2 Å². The summed E-state index contributed by atoms with van der Waals surface area (Å²) < 4.78 is 19.5. The number of hydrogen-bond donors (Lipinski definition) is 2. The minimum absolute atomic E-state index is 0.0167. The molecule has 11 heteroatoms. The monoisotopic (exact) mass is 503 g/mol. The highest BCUT2D eigenvalue weighted by Gasteiger charge is 2.42. The Kier molecular flexibility index (Phi) is 10.2. The molecule has 1 aromatic heterocycles. The van der Waals surface area contributed by atoms with Crippen molar-refractivity contribution in [1.82, 2.24) is 25.4 Å². The zero-order valence-electron chi connectivity index (χ0n) is 21.4. The molecule has 2 aromatic rings. The molecular weight excluding hydrogens is 466 g/mol. The molecule has 1 saturated heterocycles. The molecule has 0 saturated carbocycles. The molecule has 0 unspecified atom stereocenters. The van der Waals surface area contributed by atoms with Crippen LogP contribution in [0.15, 0.2) is 30.5 Å². The highest BCUT2D eigenvalue weighted by Crippen LogP contribution is 2.29. The average molecular weight is 504 g/mol. The molecule has 1 aliphatic heterocycles. The van der Waals surface area contributed by atoms with Crippen molar-refractivity contribution < 1.29 is 29.0 Å². The summed E-state index contributed by atoms with van der Waals surface area (Å²) in [4.78, 5) is 24.8. The molecule has 0 aliphatic carbocycles. The molecule has 0 bridgehead atoms. The summed E-state index contributed by atoms with van der Waals surface area (Å²) in [6.45, 7) is 4.12. The number of carbonyl (C=O) groups excluding carboxylic acids is 2. The number of nitrogens with one attached hydrogen (secondary N) is 1. The maximum Gasteiger partial charge on any atom is 0.303 e. The fourth-order valence-electron chi connectivity index (χ4n) is 4.29. The predicted molar refractivity (Wildman–Crippen MR) is 131 cm³/mol. The van der Waals surface area contributed by atoms with E-state index in [1.807, 2.05) is 61.1 Å². The number of aromatic nitrogens is 3. The first-order valence-electron chi connectivity index (χ1n) is 12.4. The van der Waals surface area contributed by atoms with E-state index in [0.29, 0.717) is 12.2 Å². The summed E-state index contributed by atoms with van der Waals surface area (Å²) in [7, 11) is 3.91. The lowest BCUT2D eigenvalue weighted by molar-refractivity contribution is -0.229. The van der Waals surface area contributed by atoms with Gasteiger partial charge in [-0.1, -0.05) is 18.1 Å². The minimum atomic E-state index is -0.713. The van der Waals surface area contributed by atoms with Gasteiger partial charge in [0.25, 0.3) is 0 Å². The molecule has 1 fully saturated rings. The van der Waals surface area contributed by atoms with Crippen LogP contribution in [-0.2, 0) is 25.6 Å². The lowest BCUT2D eigenvalue weighted by Gasteiger charge is -2.42. The first-order chi connectivity index (χ1) is 17.3. The fraction of sp³-hybridized carbons (Fsp3) is 0.600. The average Bonchev–Trinajstić information content (AvgIpc) is 3.31. The zero-order valence-corrected chi connectivity index (χ0v) is 21.4. The first kappa shape index (κ1) is 27.6. The molecule has 3 rings (SSSR count). The largest absolute Gasteiger partial charge is 0.461 e. The standard InChI is InChI=1S/C25H37N5O6/c1-17-15-22(29(3)4)24(35-18(2)31)25(34-17)36-20-12-10-19(11-13-20)21-16-30(28-26-21)14-8-6-5-7-9-23(32)27-33/h10-13,16-17,22,24-25,33H,5-9,14-15H2,1-4H3,(H,27,32)/t17-,22+,24-,25+/m1/s1. The normalized spacial score (nSPS) is 21.8. The van der Waals surface area contributed by atoms with Crippen molar-refractivity contribution in [2.45, 2.75) is 83.5 Å². The third-order valence-electron chi connectivity index (χ3n) is 6.16. The summed E-state index contributed by atoms with van der Waals surface area (Å²) in [5.74, 6) is -0.115. The van der Waals surface area contributed by atoms with Crippen LogP contribution in [0.4, 0.5) is 0 Å². The van der Waals surface area contributed by atoms with Gasteiger partial charge < -0.3 is 19.1 Å². The van der Waals surface area contributed by atoms with Gasteiger partial charge >= 0.3 is 5.97 Å². The maximum atomic E-state index is 11.7. The van der Waals surface area contributed by atoms with Gasteiger partial charge in [0.1, 0.15) is 11.4 Å². The molecule has 198 valence electrons. The molecule has 11 nitrogen and oxygen atoms in total. The summed E-state index contributed by atoms with van der Waals surface area (Å²) >= 11 is 0. The number of unbranched alkanes of at least 4 members (excludes halogenated alkanes) is 3.